The third-order valence-electron chi connectivity index (χ3n) is 1.81. The Morgan fingerprint density at radius 2 is 1.71 bits per heavy atom. The first-order chi connectivity index (χ1) is 7.76. The summed E-state index contributed by atoms with van der Waals surface area (Å²) in [5, 5.41) is 20.2. The molecule has 0 fully saturated rings. The third-order valence-corrected chi connectivity index (χ3v) is 1.81. The summed E-state index contributed by atoms with van der Waals surface area (Å²) in [5.74, 6) is -1.63. The standard InChI is InChI=1S/C10H10F3NO3/c11-10(12,13)4-9(17)14-5-6-1-7(15)3-8(16)2-6/h1-3,15-16H,4-5H2,(H,14,17). The largest absolute Gasteiger partial charge is 0.508 e. The van der Waals surface area contributed by atoms with Crippen LogP contribution in [0.4, 0.5) is 13.2 Å². The molecule has 4 nitrogen and oxygen atoms in total. The predicted octanol–water partition coefficient (Wildman–Crippen LogP) is 1.67. The topological polar surface area (TPSA) is 69.6 Å². The SMILES string of the molecule is O=C(CC(F)(F)F)NCc1cc(O)cc(O)c1. The summed E-state index contributed by atoms with van der Waals surface area (Å²) in [6.45, 7) is -0.198. The number of carbonyl (C=O) groups excluding carboxylic acids is 1. The highest BCUT2D eigenvalue weighted by atomic mass is 19.4. The number of nitrogens with one attached hydrogen (secondary N) is 1. The fourth-order valence-corrected chi connectivity index (χ4v) is 1.20. The molecule has 0 atom stereocenters. The molecule has 0 heterocycles. The van der Waals surface area contributed by atoms with Crippen LogP contribution >= 0.6 is 0 Å². The summed E-state index contributed by atoms with van der Waals surface area (Å²) in [7, 11) is 0. The first-order valence-electron chi connectivity index (χ1n) is 4.61. The number of hydrogen-bond acceptors (Lipinski definition) is 3. The lowest BCUT2D eigenvalue weighted by atomic mass is 10.2. The van der Waals surface area contributed by atoms with Crippen molar-refractivity contribution in [2.45, 2.75) is 19.1 Å². The molecule has 0 bridgehead atoms. The van der Waals surface area contributed by atoms with Gasteiger partial charge in [-0.15, -0.1) is 0 Å². The zero-order valence-electron chi connectivity index (χ0n) is 8.58. The maximum absolute atomic E-state index is 11.8. The quantitative estimate of drug-likeness (QED) is 0.763. The highest BCUT2D eigenvalue weighted by Crippen LogP contribution is 2.21. The van der Waals surface area contributed by atoms with Crippen molar-refractivity contribution in [1.82, 2.24) is 5.32 Å². The van der Waals surface area contributed by atoms with Gasteiger partial charge in [-0.3, -0.25) is 4.79 Å². The molecule has 0 radical (unpaired) electrons. The molecule has 17 heavy (non-hydrogen) atoms. The van der Waals surface area contributed by atoms with Gasteiger partial charge in [0.1, 0.15) is 17.9 Å². The van der Waals surface area contributed by atoms with Gasteiger partial charge in [0.05, 0.1) is 0 Å². The van der Waals surface area contributed by atoms with Crippen LogP contribution in [0, 0.1) is 0 Å². The van der Waals surface area contributed by atoms with Crippen LogP contribution in [-0.2, 0) is 11.3 Å². The minimum atomic E-state index is -4.55. The molecule has 7 heteroatoms. The Kier molecular flexibility index (Phi) is 3.82. The van der Waals surface area contributed by atoms with E-state index in [9.17, 15) is 18.0 Å². The zero-order chi connectivity index (χ0) is 13.1. The number of hydrogen-bond donors (Lipinski definition) is 3. The van der Waals surface area contributed by atoms with Gasteiger partial charge < -0.3 is 15.5 Å². The van der Waals surface area contributed by atoms with Crippen molar-refractivity contribution < 1.29 is 28.2 Å². The van der Waals surface area contributed by atoms with E-state index in [0.29, 0.717) is 5.56 Å². The van der Waals surface area contributed by atoms with E-state index in [1.54, 1.807) is 0 Å². The predicted molar refractivity (Wildman–Crippen MR) is 52.3 cm³/mol. The molecule has 0 saturated heterocycles. The van der Waals surface area contributed by atoms with Crippen LogP contribution in [0.5, 0.6) is 11.5 Å². The molecule has 0 aliphatic rings. The number of aromatic hydroxyl groups is 2. The van der Waals surface area contributed by atoms with E-state index >= 15 is 0 Å². The maximum Gasteiger partial charge on any atom is 0.397 e. The van der Waals surface area contributed by atoms with Gasteiger partial charge >= 0.3 is 6.18 Å². The molecule has 1 rings (SSSR count). The van der Waals surface area contributed by atoms with E-state index < -0.39 is 18.5 Å². The van der Waals surface area contributed by atoms with Crippen molar-refractivity contribution in [2.75, 3.05) is 0 Å². The molecule has 3 N–H and O–H groups in total. The summed E-state index contributed by atoms with van der Waals surface area (Å²) in [4.78, 5) is 10.8. The highest BCUT2D eigenvalue weighted by Gasteiger charge is 2.30. The van der Waals surface area contributed by atoms with Gasteiger partial charge in [0.15, 0.2) is 0 Å². The second-order valence-electron chi connectivity index (χ2n) is 3.43. The second-order valence-corrected chi connectivity index (χ2v) is 3.43. The summed E-state index contributed by atoms with van der Waals surface area (Å²) in [5.41, 5.74) is 0.304. The van der Waals surface area contributed by atoms with E-state index in [1.165, 1.54) is 12.1 Å². The van der Waals surface area contributed by atoms with Crippen molar-refractivity contribution in [2.24, 2.45) is 0 Å². The van der Waals surface area contributed by atoms with Crippen LogP contribution in [0.2, 0.25) is 0 Å². The van der Waals surface area contributed by atoms with Crippen molar-refractivity contribution >= 4 is 5.91 Å². The fraction of sp³-hybridized carbons (Fsp3) is 0.300. The van der Waals surface area contributed by atoms with E-state index in [2.05, 4.69) is 0 Å². The number of carbonyl (C=O) groups is 1. The molecule has 0 saturated carbocycles. The van der Waals surface area contributed by atoms with Gasteiger partial charge in [0.2, 0.25) is 5.91 Å². The lowest BCUT2D eigenvalue weighted by Gasteiger charge is -2.08. The van der Waals surface area contributed by atoms with E-state index in [4.69, 9.17) is 10.2 Å². The van der Waals surface area contributed by atoms with Crippen molar-refractivity contribution in [3.05, 3.63) is 23.8 Å². The number of phenolic OH excluding ortho intramolecular Hbond substituents is 2. The first-order valence-corrected chi connectivity index (χ1v) is 4.61. The van der Waals surface area contributed by atoms with Crippen molar-refractivity contribution in [1.29, 1.82) is 0 Å². The van der Waals surface area contributed by atoms with E-state index in [0.717, 1.165) is 6.07 Å². The monoisotopic (exact) mass is 249 g/mol. The number of alkyl halides is 3. The molecule has 0 aliphatic heterocycles. The Labute approximate surface area is 94.7 Å². The van der Waals surface area contributed by atoms with Crippen LogP contribution < -0.4 is 5.32 Å². The Balaban J connectivity index is 2.53. The average Bonchev–Trinajstić information content (AvgIpc) is 2.10. The summed E-state index contributed by atoms with van der Waals surface area (Å²) in [6.07, 6.45) is -6.11. The second kappa shape index (κ2) is 4.94. The Bertz CT molecular complexity index is 397. The van der Waals surface area contributed by atoms with Gasteiger partial charge in [-0.2, -0.15) is 13.2 Å². The molecule has 1 amide bonds. The average molecular weight is 249 g/mol. The minimum absolute atomic E-state index is 0.198. The molecular weight excluding hydrogens is 239 g/mol. The highest BCUT2D eigenvalue weighted by molar-refractivity contribution is 5.76. The molecule has 1 aromatic carbocycles. The fourth-order valence-electron chi connectivity index (χ4n) is 1.20. The van der Waals surface area contributed by atoms with Gasteiger partial charge in [-0.1, -0.05) is 0 Å². The minimum Gasteiger partial charge on any atom is -0.508 e. The lowest BCUT2D eigenvalue weighted by Crippen LogP contribution is -2.28. The molecular formula is C10H10F3NO3. The zero-order valence-corrected chi connectivity index (χ0v) is 8.58. The number of phenols is 2. The summed E-state index contributed by atoms with van der Waals surface area (Å²) >= 11 is 0. The van der Waals surface area contributed by atoms with Gasteiger partial charge in [-0.25, -0.2) is 0 Å². The maximum atomic E-state index is 11.8. The van der Waals surface area contributed by atoms with Crippen LogP contribution in [0.1, 0.15) is 12.0 Å². The lowest BCUT2D eigenvalue weighted by molar-refractivity contribution is -0.153. The molecule has 1 aromatic rings. The molecule has 0 aliphatic carbocycles. The molecule has 0 unspecified atom stereocenters. The summed E-state index contributed by atoms with van der Waals surface area (Å²) < 4.78 is 35.5. The molecule has 94 valence electrons. The summed E-state index contributed by atoms with van der Waals surface area (Å²) in [6, 6.07) is 3.53. The van der Waals surface area contributed by atoms with Crippen LogP contribution in [0.3, 0.4) is 0 Å². The van der Waals surface area contributed by atoms with E-state index in [-0.39, 0.29) is 18.0 Å². The number of amides is 1. The van der Waals surface area contributed by atoms with Gasteiger partial charge in [0.25, 0.3) is 0 Å². The third kappa shape index (κ3) is 5.10. The number of rotatable bonds is 3. The van der Waals surface area contributed by atoms with Crippen LogP contribution in [0.25, 0.3) is 0 Å². The van der Waals surface area contributed by atoms with Crippen molar-refractivity contribution in [3.8, 4) is 11.5 Å². The smallest absolute Gasteiger partial charge is 0.397 e. The Morgan fingerprint density at radius 1 is 1.18 bits per heavy atom. The van der Waals surface area contributed by atoms with Gasteiger partial charge in [0, 0.05) is 12.6 Å². The van der Waals surface area contributed by atoms with Crippen LogP contribution in [-0.4, -0.2) is 22.3 Å². The van der Waals surface area contributed by atoms with Gasteiger partial charge in [-0.05, 0) is 17.7 Å². The molecule has 0 aromatic heterocycles. The Hall–Kier alpha value is -1.92. The van der Waals surface area contributed by atoms with E-state index in [1.807, 2.05) is 5.32 Å². The number of halogens is 3. The first kappa shape index (κ1) is 13.1. The molecule has 0 spiro atoms. The number of benzene rings is 1. The van der Waals surface area contributed by atoms with Crippen LogP contribution in [0.15, 0.2) is 18.2 Å². The van der Waals surface area contributed by atoms with Crippen molar-refractivity contribution in [3.63, 3.8) is 0 Å². The normalized spacial score (nSPS) is 11.2. The Morgan fingerprint density at radius 3 is 2.18 bits per heavy atom.